The number of aromatic nitrogens is 10. The summed E-state index contributed by atoms with van der Waals surface area (Å²) >= 11 is 5.80. The first-order valence-electron chi connectivity index (χ1n) is 47.7. The molecular weight excluding hydrogens is 1750 g/mol. The molecule has 0 atom stereocenters. The molecule has 5 aliphatic heterocycles. The maximum atomic E-state index is 5.26. The Morgan fingerprint density at radius 3 is 1.13 bits per heavy atom. The fourth-order valence-corrected chi connectivity index (χ4v) is 34.4. The van der Waals surface area contributed by atoms with Crippen LogP contribution in [0.2, 0.25) is 13.1 Å². The first-order valence-corrected chi connectivity index (χ1v) is 54.6. The average Bonchev–Trinajstić information content (AvgIpc) is 1.41. The zero-order valence-corrected chi connectivity index (χ0v) is 84.7. The van der Waals surface area contributed by atoms with Gasteiger partial charge in [-0.05, 0) is 183 Å². The van der Waals surface area contributed by atoms with Crippen molar-refractivity contribution in [1.82, 2.24) is 46.9 Å². The van der Waals surface area contributed by atoms with Gasteiger partial charge in [-0.2, -0.15) is 0 Å². The molecule has 0 saturated heterocycles. The first kappa shape index (κ1) is 84.4. The lowest BCUT2D eigenvalue weighted by atomic mass is 9.82. The Kier molecular flexibility index (Phi) is 18.8. The molecule has 0 radical (unpaired) electrons. The Hall–Kier alpha value is -13.4. The third-order valence-corrected chi connectivity index (χ3v) is 43.3. The standard InChI is InChI=1S/C30H24N2Si.C29H20N2S.C22H24N2Si.2C20H18N2S/c1-19-17-18-25-27-26(19)23-15-9-10-16-24(23)29-31-20(2)28(32(27)29)30(33-25,21-11-5-3-6-12-21)22-13-7-4-8-14-22;1-19-28-31-26-23(22-15-8-9-16-24(22)27(31)30-19)17-10-18-25(26)29(32-28,20-11-4-2-5-12-20)21-13-6-3-7-14-21;1-13-11-12-17-19-18(13)15-9-7-8-10-16(15)21-23-14(2)20(24(19)21)22(3,4)25(17,5)6;1-11-9-10-15-17-16(11)13-7-5-6-8-14(13)18-21-12(2)19(22(17)18)23-20(15,3)4;1-11-9-10-15-17-16(11)13-7-5-6-8-14(13)19-21-12(2)18(22(17)19)20(3,4)23-15/h3-18H,33H2,1-2H3;2-18H,1H3;7-12H,1-6H3;2*5-10H,1-4H3. The van der Waals surface area contributed by atoms with Gasteiger partial charge in [-0.3, -0.25) is 22.0 Å². The van der Waals surface area contributed by atoms with E-state index < -0.39 is 17.6 Å². The average molecular weight is 1850 g/mol. The van der Waals surface area contributed by atoms with E-state index in [2.05, 4.69) is 448 Å². The first-order chi connectivity index (χ1) is 65.7. The third kappa shape index (κ3) is 11.7. The summed E-state index contributed by atoms with van der Waals surface area (Å²) in [5.74, 6) is 0. The van der Waals surface area contributed by atoms with E-state index >= 15 is 0 Å². The van der Waals surface area contributed by atoms with Gasteiger partial charge in [0.2, 0.25) is 0 Å². The fourth-order valence-electron chi connectivity index (χ4n) is 24.7. The third-order valence-electron chi connectivity index (χ3n) is 31.3. The minimum atomic E-state index is -1.71. The molecule has 0 amide bonds. The Morgan fingerprint density at radius 2 is 0.625 bits per heavy atom. The van der Waals surface area contributed by atoms with E-state index in [1.807, 2.05) is 35.3 Å². The highest BCUT2D eigenvalue weighted by Gasteiger charge is 2.51. The number of thioether (sulfide) groups is 3. The molecule has 15 heteroatoms. The monoisotopic (exact) mass is 1850 g/mol. The van der Waals surface area contributed by atoms with Crippen molar-refractivity contribution in [2.45, 2.75) is 156 Å². The van der Waals surface area contributed by atoms with Crippen molar-refractivity contribution < 1.29 is 0 Å². The zero-order chi connectivity index (χ0) is 93.0. The lowest BCUT2D eigenvalue weighted by molar-refractivity contribution is 0.679. The molecule has 24 aromatic rings. The summed E-state index contributed by atoms with van der Waals surface area (Å²) in [6.07, 6.45) is 0. The summed E-state index contributed by atoms with van der Waals surface area (Å²) in [5.41, 5.74) is 35.4. The van der Waals surface area contributed by atoms with Crippen LogP contribution < -0.4 is 10.4 Å². The van der Waals surface area contributed by atoms with Crippen LogP contribution in [0.15, 0.2) is 324 Å². The smallest absolute Gasteiger partial charge is 0.146 e. The van der Waals surface area contributed by atoms with Crippen LogP contribution in [-0.2, 0) is 24.3 Å². The highest BCUT2D eigenvalue weighted by Crippen LogP contribution is 2.60. The SMILES string of the molecule is Cc1nc2c3ccccc3c3c(C)ccc4c3n2c1C(C)(C)S4.Cc1nc2c3ccccc3c3c(C)ccc4c3n2c1C(C)(C)[Si]4(C)C.Cc1nc2c3ccccc3c3c(C)ccc4c3n2c1C(c1ccccc1)(c1ccccc1)[SiH2]4.Cc1nc2c3ccccc3c3c(C)ccc4c3n2c1SC4(C)C.Cc1nc2c3ccccc3c3cccc4c3n2c1SC4(c1ccccc1)c1ccccc1. The molecule has 10 aromatic heterocycles. The van der Waals surface area contributed by atoms with Gasteiger partial charge in [-0.15, -0.1) is 11.8 Å². The minimum absolute atomic E-state index is 0.0289. The number of nitrogens with zero attached hydrogens (tertiary/aromatic N) is 10. The van der Waals surface area contributed by atoms with Crippen LogP contribution in [0, 0.1) is 62.3 Å². The maximum absolute atomic E-state index is 5.26. The quantitative estimate of drug-likeness (QED) is 0.127. The van der Waals surface area contributed by atoms with Crippen LogP contribution in [0.1, 0.15) is 143 Å². The molecule has 0 aliphatic carbocycles. The van der Waals surface area contributed by atoms with E-state index in [1.54, 1.807) is 5.19 Å². The highest BCUT2D eigenvalue weighted by atomic mass is 32.2. The van der Waals surface area contributed by atoms with Crippen LogP contribution in [0.3, 0.4) is 0 Å². The molecule has 0 bridgehead atoms. The van der Waals surface area contributed by atoms with E-state index in [4.69, 9.17) is 24.9 Å². The number of benzene rings is 14. The van der Waals surface area contributed by atoms with Gasteiger partial charge in [-0.1, -0.05) is 354 Å². The van der Waals surface area contributed by atoms with Crippen molar-refractivity contribution in [1.29, 1.82) is 0 Å². The van der Waals surface area contributed by atoms with E-state index in [0.717, 1.165) is 51.0 Å². The predicted octanol–water partition coefficient (Wildman–Crippen LogP) is 28.9. The van der Waals surface area contributed by atoms with Crippen molar-refractivity contribution in [3.63, 3.8) is 0 Å². The van der Waals surface area contributed by atoms with E-state index in [1.165, 1.54) is 207 Å². The van der Waals surface area contributed by atoms with Crippen LogP contribution in [-0.4, -0.2) is 64.5 Å². The molecule has 0 unspecified atom stereocenters. The van der Waals surface area contributed by atoms with E-state index in [0.29, 0.717) is 0 Å². The summed E-state index contributed by atoms with van der Waals surface area (Å²) in [6, 6.07) is 113. The van der Waals surface area contributed by atoms with Gasteiger partial charge in [0, 0.05) is 79.8 Å². The zero-order valence-electron chi connectivity index (χ0n) is 79.8. The van der Waals surface area contributed by atoms with Crippen LogP contribution in [0.25, 0.3) is 137 Å². The van der Waals surface area contributed by atoms with Gasteiger partial charge in [0.25, 0.3) is 0 Å². The van der Waals surface area contributed by atoms with E-state index in [9.17, 15) is 0 Å². The Bertz CT molecular complexity index is 9220. The number of rotatable bonds is 4. The molecule has 10 nitrogen and oxygen atoms in total. The Labute approximate surface area is 807 Å². The largest absolute Gasteiger partial charge is 0.296 e. The number of imidazole rings is 5. The van der Waals surface area contributed by atoms with Gasteiger partial charge in [0.15, 0.2) is 0 Å². The van der Waals surface area contributed by atoms with Crippen LogP contribution in [0.5, 0.6) is 0 Å². The second-order valence-corrected chi connectivity index (χ2v) is 52.0. The molecule has 0 N–H and O–H groups in total. The van der Waals surface area contributed by atoms with Crippen molar-refractivity contribution in [3.05, 3.63) is 411 Å². The van der Waals surface area contributed by atoms with Gasteiger partial charge in [-0.25, -0.2) is 24.9 Å². The van der Waals surface area contributed by atoms with Crippen molar-refractivity contribution >= 4 is 200 Å². The summed E-state index contributed by atoms with van der Waals surface area (Å²) in [6.45, 7) is 38.9. The molecular formula is C121H104N10S3Si2. The Balaban J connectivity index is 0.0000000913. The van der Waals surface area contributed by atoms with E-state index in [-0.39, 0.29) is 24.3 Å². The second-order valence-electron chi connectivity index (χ2n) is 40.3. The van der Waals surface area contributed by atoms with Gasteiger partial charge in [0.05, 0.1) is 99.6 Å². The Morgan fingerprint density at radius 1 is 0.265 bits per heavy atom. The number of fused-ring (bicyclic) bond motifs is 15. The summed E-state index contributed by atoms with van der Waals surface area (Å²) < 4.78 is 12.0. The molecule has 29 rings (SSSR count). The molecule has 136 heavy (non-hydrogen) atoms. The lowest BCUT2D eigenvalue weighted by Crippen LogP contribution is -2.60. The molecule has 14 aromatic carbocycles. The van der Waals surface area contributed by atoms with Crippen molar-refractivity contribution in [2.24, 2.45) is 0 Å². The normalized spacial score (nSPS) is 15.8. The highest BCUT2D eigenvalue weighted by molar-refractivity contribution is 8.01. The molecule has 0 saturated carbocycles. The fraction of sp³-hybridized carbons (Fsp3) is 0.182. The van der Waals surface area contributed by atoms with Crippen molar-refractivity contribution in [2.75, 3.05) is 0 Å². The maximum Gasteiger partial charge on any atom is 0.146 e. The molecule has 15 heterocycles. The van der Waals surface area contributed by atoms with Crippen molar-refractivity contribution in [3.8, 4) is 0 Å². The van der Waals surface area contributed by atoms with Gasteiger partial charge in [0.1, 0.15) is 38.3 Å². The topological polar surface area (TPSA) is 86.5 Å². The number of hydrogen-bond donors (Lipinski definition) is 0. The predicted molar refractivity (Wildman–Crippen MR) is 581 cm³/mol. The molecule has 5 aliphatic rings. The van der Waals surface area contributed by atoms with Gasteiger partial charge >= 0.3 is 0 Å². The van der Waals surface area contributed by atoms with Crippen LogP contribution in [0.4, 0.5) is 0 Å². The summed E-state index contributed by atoms with van der Waals surface area (Å²) in [4.78, 5) is 26.7. The van der Waals surface area contributed by atoms with Crippen LogP contribution >= 0.6 is 35.3 Å². The van der Waals surface area contributed by atoms with Gasteiger partial charge < -0.3 is 0 Å². The summed E-state index contributed by atoms with van der Waals surface area (Å²) in [7, 11) is -2.52. The minimum Gasteiger partial charge on any atom is -0.296 e. The number of para-hydroxylation sites is 1. The summed E-state index contributed by atoms with van der Waals surface area (Å²) in [5, 5.41) is 25.1. The lowest BCUT2D eigenvalue weighted by Gasteiger charge is -2.44. The molecule has 664 valence electrons. The second kappa shape index (κ2) is 30.3. The number of hydrogen-bond acceptors (Lipinski definition) is 8. The molecule has 0 fully saturated rings. The molecule has 0 spiro atoms. The number of pyridine rings is 5. The number of aryl methyl sites for hydroxylation is 9.